The molecule has 8 nitrogen and oxygen atoms in total. The summed E-state index contributed by atoms with van der Waals surface area (Å²) < 4.78 is 23.0. The summed E-state index contributed by atoms with van der Waals surface area (Å²) in [4.78, 5) is 25.1. The van der Waals surface area contributed by atoms with E-state index in [1.54, 1.807) is 6.08 Å². The van der Waals surface area contributed by atoms with Crippen molar-refractivity contribution < 1.29 is 32.9 Å². The normalized spacial score (nSPS) is 15.0. The maximum absolute atomic E-state index is 12.7. The summed E-state index contributed by atoms with van der Waals surface area (Å²) in [5.74, 6) is -0.210. The lowest BCUT2D eigenvalue weighted by molar-refractivity contribution is -0.870. The highest BCUT2D eigenvalue weighted by atomic mass is 31.2. The van der Waals surface area contributed by atoms with Crippen molar-refractivity contribution in [1.82, 2.24) is 5.32 Å². The van der Waals surface area contributed by atoms with Crippen molar-refractivity contribution in [2.24, 2.45) is 0 Å². The van der Waals surface area contributed by atoms with Crippen LogP contribution in [0.3, 0.4) is 0 Å². The quantitative estimate of drug-likeness (QED) is 0.0312. The molecular weight excluding hydrogens is 599 g/mol. The Bertz CT molecular complexity index is 814. The molecule has 0 fully saturated rings. The molecule has 0 radical (unpaired) electrons. The van der Waals surface area contributed by atoms with E-state index in [0.29, 0.717) is 17.4 Å². The van der Waals surface area contributed by atoms with E-state index in [1.165, 1.54) is 83.5 Å². The molecule has 9 heteroatoms. The molecule has 0 rings (SSSR count). The van der Waals surface area contributed by atoms with Crippen LogP contribution < -0.4 is 10.2 Å². The van der Waals surface area contributed by atoms with Crippen LogP contribution in [0.25, 0.3) is 0 Å². The van der Waals surface area contributed by atoms with Crippen LogP contribution in [0.5, 0.6) is 0 Å². The van der Waals surface area contributed by atoms with Gasteiger partial charge in [0.25, 0.3) is 7.82 Å². The highest BCUT2D eigenvalue weighted by Crippen LogP contribution is 2.38. The summed E-state index contributed by atoms with van der Waals surface area (Å²) in [7, 11) is 1.25. The van der Waals surface area contributed by atoms with Crippen LogP contribution in [0.15, 0.2) is 24.3 Å². The monoisotopic (exact) mass is 673 g/mol. The number of carbonyl (C=O) groups excluding carboxylic acids is 1. The van der Waals surface area contributed by atoms with Crippen molar-refractivity contribution in [2.75, 3.05) is 40.9 Å². The summed E-state index contributed by atoms with van der Waals surface area (Å²) in [6.07, 6.45) is 32.1. The minimum absolute atomic E-state index is 0.00215. The van der Waals surface area contributed by atoms with E-state index in [2.05, 4.69) is 31.3 Å². The van der Waals surface area contributed by atoms with Crippen molar-refractivity contribution in [3.05, 3.63) is 24.3 Å². The molecule has 0 heterocycles. The van der Waals surface area contributed by atoms with Crippen molar-refractivity contribution in [1.29, 1.82) is 0 Å². The Morgan fingerprint density at radius 2 is 1.20 bits per heavy atom. The summed E-state index contributed by atoms with van der Waals surface area (Å²) in [6, 6.07) is -0.884. The van der Waals surface area contributed by atoms with Crippen LogP contribution in [-0.4, -0.2) is 68.5 Å². The maximum atomic E-state index is 12.7. The van der Waals surface area contributed by atoms with E-state index >= 15 is 0 Å². The van der Waals surface area contributed by atoms with Crippen LogP contribution in [0, 0.1) is 0 Å². The summed E-state index contributed by atoms with van der Waals surface area (Å²) in [5, 5.41) is 13.7. The Labute approximate surface area is 284 Å². The van der Waals surface area contributed by atoms with Crippen LogP contribution in [-0.2, 0) is 18.4 Å². The minimum atomic E-state index is -4.57. The zero-order valence-electron chi connectivity index (χ0n) is 30.5. The first-order valence-corrected chi connectivity index (χ1v) is 20.2. The van der Waals surface area contributed by atoms with Gasteiger partial charge in [-0.05, 0) is 44.9 Å². The molecule has 0 bridgehead atoms. The van der Waals surface area contributed by atoms with Crippen molar-refractivity contribution in [3.63, 3.8) is 0 Å². The second kappa shape index (κ2) is 30.1. The topological polar surface area (TPSA) is 108 Å². The van der Waals surface area contributed by atoms with E-state index in [-0.39, 0.29) is 19.1 Å². The number of phosphoric ester groups is 1. The third-order valence-electron chi connectivity index (χ3n) is 8.16. The van der Waals surface area contributed by atoms with Gasteiger partial charge in [0, 0.05) is 6.42 Å². The molecule has 3 atom stereocenters. The molecule has 0 aliphatic rings. The molecule has 2 N–H and O–H groups in total. The molecule has 0 aliphatic carbocycles. The van der Waals surface area contributed by atoms with Gasteiger partial charge in [-0.2, -0.15) is 0 Å². The van der Waals surface area contributed by atoms with Gasteiger partial charge in [-0.25, -0.2) is 0 Å². The highest BCUT2D eigenvalue weighted by Gasteiger charge is 2.23. The molecule has 0 aromatic rings. The van der Waals surface area contributed by atoms with Crippen molar-refractivity contribution >= 4 is 13.7 Å². The van der Waals surface area contributed by atoms with Gasteiger partial charge in [0.05, 0.1) is 39.9 Å². The van der Waals surface area contributed by atoms with Gasteiger partial charge in [0.1, 0.15) is 13.2 Å². The van der Waals surface area contributed by atoms with Crippen LogP contribution in [0.2, 0.25) is 0 Å². The van der Waals surface area contributed by atoms with E-state index in [9.17, 15) is 19.4 Å². The van der Waals surface area contributed by atoms with Gasteiger partial charge < -0.3 is 28.8 Å². The number of carbonyl (C=O) groups is 1. The third-order valence-corrected chi connectivity index (χ3v) is 9.12. The fraction of sp³-hybridized carbons (Fsp3) is 0.865. The Hall–Kier alpha value is -1.02. The first-order chi connectivity index (χ1) is 22.0. The number of phosphoric acid groups is 1. The van der Waals surface area contributed by atoms with Crippen LogP contribution in [0.4, 0.5) is 0 Å². The fourth-order valence-corrected chi connectivity index (χ4v) is 5.81. The number of nitrogens with one attached hydrogen (secondary N) is 1. The lowest BCUT2D eigenvalue weighted by Crippen LogP contribution is -2.45. The number of nitrogens with zero attached hydrogens (tertiary/aromatic N) is 1. The van der Waals surface area contributed by atoms with Gasteiger partial charge in [-0.3, -0.25) is 9.36 Å². The number of aliphatic hydroxyl groups excluding tert-OH is 1. The number of hydrogen-bond acceptors (Lipinski definition) is 6. The number of rotatable bonds is 33. The predicted molar refractivity (Wildman–Crippen MR) is 192 cm³/mol. The van der Waals surface area contributed by atoms with Gasteiger partial charge in [0.2, 0.25) is 5.91 Å². The van der Waals surface area contributed by atoms with E-state index in [0.717, 1.165) is 51.4 Å². The number of aliphatic hydroxyl groups is 1. The lowest BCUT2D eigenvalue weighted by atomic mass is 10.1. The second-order valence-corrected chi connectivity index (χ2v) is 15.3. The first-order valence-electron chi connectivity index (χ1n) is 18.7. The Balaban J connectivity index is 4.57. The molecule has 1 amide bonds. The van der Waals surface area contributed by atoms with E-state index in [1.807, 2.05) is 27.2 Å². The molecule has 46 heavy (non-hydrogen) atoms. The maximum Gasteiger partial charge on any atom is 0.268 e. The first kappa shape index (κ1) is 45.0. The highest BCUT2D eigenvalue weighted by molar-refractivity contribution is 7.45. The summed E-state index contributed by atoms with van der Waals surface area (Å²) >= 11 is 0. The third kappa shape index (κ3) is 31.6. The van der Waals surface area contributed by atoms with Crippen molar-refractivity contribution in [2.45, 2.75) is 167 Å². The average Bonchev–Trinajstić information content (AvgIpc) is 2.99. The SMILES string of the molecule is CCCCCC/C=C/CCCCCCCC(=O)N[C@@H](COP(=O)([O-])OCC[N+](C)(C)C)[C@H](O)/C=C/CCCCCCCCCCC. The average molecular weight is 673 g/mol. The van der Waals surface area contributed by atoms with Gasteiger partial charge in [-0.1, -0.05) is 128 Å². The molecule has 0 saturated carbocycles. The molecule has 0 aliphatic heterocycles. The van der Waals surface area contributed by atoms with Crippen LogP contribution >= 0.6 is 7.82 Å². The molecule has 0 aromatic heterocycles. The summed E-state index contributed by atoms with van der Waals surface area (Å²) in [6.45, 7) is 4.58. The molecule has 0 saturated heterocycles. The molecule has 272 valence electrons. The number of likely N-dealkylation sites (N-methyl/N-ethyl adjacent to an activating group) is 1. The molecule has 0 spiro atoms. The summed E-state index contributed by atoms with van der Waals surface area (Å²) in [5.41, 5.74) is 0. The van der Waals surface area contributed by atoms with Crippen LogP contribution in [0.1, 0.15) is 155 Å². The Kier molecular flexibility index (Phi) is 29.4. The number of amides is 1. The fourth-order valence-electron chi connectivity index (χ4n) is 5.09. The van der Waals surface area contributed by atoms with Gasteiger partial charge >= 0.3 is 0 Å². The minimum Gasteiger partial charge on any atom is -0.756 e. The molecular formula is C37H73N2O6P. The Morgan fingerprint density at radius 3 is 1.72 bits per heavy atom. The number of quaternary nitrogens is 1. The zero-order chi connectivity index (χ0) is 34.4. The number of unbranched alkanes of at least 4 members (excludes halogenated alkanes) is 18. The van der Waals surface area contributed by atoms with Gasteiger partial charge in [0.15, 0.2) is 0 Å². The largest absolute Gasteiger partial charge is 0.756 e. The van der Waals surface area contributed by atoms with E-state index in [4.69, 9.17) is 9.05 Å². The Morgan fingerprint density at radius 1 is 0.739 bits per heavy atom. The van der Waals surface area contributed by atoms with Gasteiger partial charge in [-0.15, -0.1) is 0 Å². The number of hydrogen-bond donors (Lipinski definition) is 2. The molecule has 1 unspecified atom stereocenters. The lowest BCUT2D eigenvalue weighted by Gasteiger charge is -2.29. The van der Waals surface area contributed by atoms with E-state index < -0.39 is 20.0 Å². The predicted octanol–water partition coefficient (Wildman–Crippen LogP) is 8.77. The smallest absolute Gasteiger partial charge is 0.268 e. The van der Waals surface area contributed by atoms with Crippen molar-refractivity contribution in [3.8, 4) is 0 Å². The second-order valence-electron chi connectivity index (χ2n) is 13.9. The molecule has 0 aromatic carbocycles. The number of allylic oxidation sites excluding steroid dienone is 3. The standard InChI is InChI=1S/C37H73N2O6P/c1-6-8-10-12-14-16-18-19-21-23-25-27-29-31-37(41)38-35(34-45-46(42,43)44-33-32-39(3,4)5)36(40)30-28-26-24-22-20-17-15-13-11-9-7-2/h16,18,28,30,35-36,40H,6-15,17,19-27,29,31-34H2,1-5H3,(H-,38,41,42,43)/b18-16+,30-28+/t35-,36+/m0/s1. The zero-order valence-corrected chi connectivity index (χ0v) is 31.4.